The zero-order valence-corrected chi connectivity index (χ0v) is 20.0. The number of thiophene rings is 1. The Morgan fingerprint density at radius 1 is 1.06 bits per heavy atom. The molecule has 0 saturated heterocycles. The smallest absolute Gasteiger partial charge is 0.209 e. The molecule has 3 heterocycles. The van der Waals surface area contributed by atoms with Gasteiger partial charge in [-0.1, -0.05) is 23.7 Å². The number of carbonyl (C=O) groups is 1. The third-order valence-electron chi connectivity index (χ3n) is 4.85. The molecule has 0 aliphatic rings. The van der Waals surface area contributed by atoms with Crippen molar-refractivity contribution in [3.63, 3.8) is 0 Å². The van der Waals surface area contributed by atoms with Crippen molar-refractivity contribution >= 4 is 47.0 Å². The maximum atomic E-state index is 11.0. The first kappa shape index (κ1) is 22.3. The number of amides is 1. The van der Waals surface area contributed by atoms with Gasteiger partial charge in [-0.3, -0.25) is 9.78 Å². The zero-order chi connectivity index (χ0) is 22.5. The van der Waals surface area contributed by atoms with Gasteiger partial charge in [0.25, 0.3) is 0 Å². The normalized spacial score (nSPS) is 10.7. The first-order valence-electron chi connectivity index (χ1n) is 9.87. The number of nitrogens with zero attached hydrogens (tertiary/aromatic N) is 3. The first-order valence-corrected chi connectivity index (χ1v) is 11.9. The summed E-state index contributed by atoms with van der Waals surface area (Å²) in [6.07, 6.45) is 6.25. The Hall–Kier alpha value is -2.87. The number of aryl methyl sites for hydroxylation is 1. The van der Waals surface area contributed by atoms with Gasteiger partial charge in [-0.2, -0.15) is 0 Å². The highest BCUT2D eigenvalue weighted by atomic mass is 35.5. The number of halogens is 1. The Balaban J connectivity index is 1.51. The summed E-state index contributed by atoms with van der Waals surface area (Å²) < 4.78 is 3.31. The van der Waals surface area contributed by atoms with E-state index in [1.165, 1.54) is 22.4 Å². The molecule has 0 atom stereocenters. The van der Waals surface area contributed by atoms with Crippen LogP contribution in [0.3, 0.4) is 0 Å². The van der Waals surface area contributed by atoms with Crippen molar-refractivity contribution in [1.29, 1.82) is 0 Å². The van der Waals surface area contributed by atoms with E-state index in [0.29, 0.717) is 11.7 Å². The number of benzene rings is 1. The summed E-state index contributed by atoms with van der Waals surface area (Å²) in [6, 6.07) is 16.4. The average molecular weight is 481 g/mol. The van der Waals surface area contributed by atoms with Crippen molar-refractivity contribution in [3.8, 4) is 20.9 Å². The van der Waals surface area contributed by atoms with Crippen LogP contribution in [0.25, 0.3) is 20.9 Å². The minimum absolute atomic E-state index is 0.475. The van der Waals surface area contributed by atoms with E-state index in [4.69, 9.17) is 11.6 Å². The molecule has 8 heteroatoms. The maximum absolute atomic E-state index is 11.0. The summed E-state index contributed by atoms with van der Waals surface area (Å²) in [5.41, 5.74) is 5.43. The molecule has 0 bridgehead atoms. The molecule has 0 aliphatic carbocycles. The van der Waals surface area contributed by atoms with Gasteiger partial charge in [0.1, 0.15) is 5.15 Å². The summed E-state index contributed by atoms with van der Waals surface area (Å²) >= 11 is 9.02. The summed E-state index contributed by atoms with van der Waals surface area (Å²) in [5.74, 6) is 0. The number of pyridine rings is 2. The van der Waals surface area contributed by atoms with Gasteiger partial charge in [-0.05, 0) is 72.0 Å². The van der Waals surface area contributed by atoms with Gasteiger partial charge in [-0.15, -0.1) is 11.3 Å². The highest BCUT2D eigenvalue weighted by Gasteiger charge is 2.09. The standard InChI is InChI=1S/C24H21ClN4OS2/c1-16-3-4-17(9-19(16)14-29(2)15-30)22-6-7-23(31-22)18-10-20(12-26-11-18)28-32-21-5-8-24(25)27-13-21/h3-13,15,28H,14H2,1-2H3. The maximum Gasteiger partial charge on any atom is 0.209 e. The fraction of sp³-hybridized carbons (Fsp3) is 0.125. The molecule has 5 nitrogen and oxygen atoms in total. The molecule has 3 aromatic heterocycles. The molecule has 0 spiro atoms. The molecular formula is C24H21ClN4OS2. The number of hydrogen-bond donors (Lipinski definition) is 1. The van der Waals surface area contributed by atoms with Gasteiger partial charge in [0.05, 0.1) is 11.9 Å². The Morgan fingerprint density at radius 2 is 1.88 bits per heavy atom. The highest BCUT2D eigenvalue weighted by molar-refractivity contribution is 8.00. The lowest BCUT2D eigenvalue weighted by Crippen LogP contribution is -2.15. The van der Waals surface area contributed by atoms with Crippen LogP contribution in [0.1, 0.15) is 11.1 Å². The van der Waals surface area contributed by atoms with Crippen molar-refractivity contribution in [2.24, 2.45) is 0 Å². The third-order valence-corrected chi connectivity index (χ3v) is 7.07. The van der Waals surface area contributed by atoms with Crippen LogP contribution >= 0.6 is 34.9 Å². The second kappa shape index (κ2) is 10.2. The van der Waals surface area contributed by atoms with Crippen molar-refractivity contribution < 1.29 is 4.79 Å². The van der Waals surface area contributed by atoms with Crippen LogP contribution in [0.5, 0.6) is 0 Å². The van der Waals surface area contributed by atoms with E-state index in [1.54, 1.807) is 41.7 Å². The predicted octanol–water partition coefficient (Wildman–Crippen LogP) is 6.54. The fourth-order valence-corrected chi connectivity index (χ4v) is 4.80. The molecule has 4 aromatic rings. The lowest BCUT2D eigenvalue weighted by Gasteiger charge is -2.13. The number of carbonyl (C=O) groups excluding carboxylic acids is 1. The second-order valence-corrected chi connectivity index (χ2v) is 9.66. The van der Waals surface area contributed by atoms with Gasteiger partial charge in [0.2, 0.25) is 6.41 Å². The number of hydrogen-bond acceptors (Lipinski definition) is 6. The highest BCUT2D eigenvalue weighted by Crippen LogP contribution is 2.36. The first-order chi connectivity index (χ1) is 15.5. The summed E-state index contributed by atoms with van der Waals surface area (Å²) in [4.78, 5) is 24.4. The molecule has 0 saturated carbocycles. The molecule has 1 N–H and O–H groups in total. The van der Waals surface area contributed by atoms with Crippen LogP contribution < -0.4 is 4.72 Å². The third kappa shape index (κ3) is 5.48. The van der Waals surface area contributed by atoms with Crippen LogP contribution in [0, 0.1) is 6.92 Å². The fourth-order valence-electron chi connectivity index (χ4n) is 3.12. The molecular weight excluding hydrogens is 460 g/mol. The molecule has 1 amide bonds. The number of aromatic nitrogens is 2. The summed E-state index contributed by atoms with van der Waals surface area (Å²) in [6.45, 7) is 2.67. The molecule has 162 valence electrons. The zero-order valence-electron chi connectivity index (χ0n) is 17.6. The lowest BCUT2D eigenvalue weighted by molar-refractivity contribution is -0.117. The van der Waals surface area contributed by atoms with E-state index in [2.05, 4.69) is 58.0 Å². The molecule has 1 aromatic carbocycles. The number of rotatable bonds is 8. The summed E-state index contributed by atoms with van der Waals surface area (Å²) in [7, 11) is 1.79. The molecule has 0 radical (unpaired) electrons. The van der Waals surface area contributed by atoms with E-state index in [1.807, 2.05) is 12.3 Å². The van der Waals surface area contributed by atoms with Crippen molar-refractivity contribution in [2.75, 3.05) is 11.8 Å². The Kier molecular flexibility index (Phi) is 7.09. The quantitative estimate of drug-likeness (QED) is 0.176. The Labute approximate surface area is 200 Å². The molecule has 0 fully saturated rings. The van der Waals surface area contributed by atoms with E-state index in [9.17, 15) is 4.79 Å². The van der Waals surface area contributed by atoms with Crippen LogP contribution in [-0.4, -0.2) is 28.3 Å². The monoisotopic (exact) mass is 480 g/mol. The lowest BCUT2D eigenvalue weighted by atomic mass is 10.0. The minimum Gasteiger partial charge on any atom is -0.344 e. The molecule has 0 aliphatic heterocycles. The van der Waals surface area contributed by atoms with Gasteiger partial charge in [-0.25, -0.2) is 4.98 Å². The SMILES string of the molecule is Cc1ccc(-c2ccc(-c3cncc(NSc4ccc(Cl)nc4)c3)s2)cc1CN(C)C=O. The van der Waals surface area contributed by atoms with E-state index >= 15 is 0 Å². The second-order valence-electron chi connectivity index (χ2n) is 7.31. The van der Waals surface area contributed by atoms with Crippen LogP contribution in [0.15, 0.2) is 72.0 Å². The molecule has 4 rings (SSSR count). The minimum atomic E-state index is 0.475. The van der Waals surface area contributed by atoms with E-state index in [0.717, 1.165) is 38.6 Å². The molecule has 32 heavy (non-hydrogen) atoms. The summed E-state index contributed by atoms with van der Waals surface area (Å²) in [5, 5.41) is 0.475. The van der Waals surface area contributed by atoms with Gasteiger partial charge in [0, 0.05) is 46.2 Å². The van der Waals surface area contributed by atoms with Crippen LogP contribution in [0.2, 0.25) is 5.15 Å². The van der Waals surface area contributed by atoms with Gasteiger partial charge in [0.15, 0.2) is 0 Å². The van der Waals surface area contributed by atoms with Crippen LogP contribution in [0.4, 0.5) is 5.69 Å². The number of nitrogens with one attached hydrogen (secondary N) is 1. The largest absolute Gasteiger partial charge is 0.344 e. The molecule has 0 unspecified atom stereocenters. The predicted molar refractivity (Wildman–Crippen MR) is 134 cm³/mol. The van der Waals surface area contributed by atoms with Gasteiger partial charge >= 0.3 is 0 Å². The Morgan fingerprint density at radius 3 is 2.62 bits per heavy atom. The van der Waals surface area contributed by atoms with Crippen molar-refractivity contribution in [3.05, 3.63) is 83.4 Å². The van der Waals surface area contributed by atoms with Crippen molar-refractivity contribution in [1.82, 2.24) is 14.9 Å². The van der Waals surface area contributed by atoms with E-state index < -0.39 is 0 Å². The van der Waals surface area contributed by atoms with Crippen LogP contribution in [-0.2, 0) is 11.3 Å². The van der Waals surface area contributed by atoms with Gasteiger partial charge < -0.3 is 9.62 Å². The average Bonchev–Trinajstić information content (AvgIpc) is 3.31. The van der Waals surface area contributed by atoms with Crippen molar-refractivity contribution in [2.45, 2.75) is 18.4 Å². The Bertz CT molecular complexity index is 1230. The topological polar surface area (TPSA) is 58.1 Å². The van der Waals surface area contributed by atoms with E-state index in [-0.39, 0.29) is 0 Å². The number of anilines is 1.